The zero-order valence-corrected chi connectivity index (χ0v) is 57.7. The van der Waals surface area contributed by atoms with Crippen molar-refractivity contribution in [3.05, 3.63) is 163 Å². The van der Waals surface area contributed by atoms with Gasteiger partial charge in [0.1, 0.15) is 11.2 Å². The van der Waals surface area contributed by atoms with Gasteiger partial charge in [-0.05, 0) is 223 Å². The second-order valence-corrected chi connectivity index (χ2v) is 36.1. The molecule has 8 fully saturated rings. The standard InChI is InChI=1S/C90H93NO9/c1-100-76-42-59(51(47-92)34-74(76)96)58-39-75(97)80-56-22-30-84-27-12-18-70-57(20-19-50(58)33-49-13-4-2-5-14-49)81-89(80,99)32-31-86(91-70)45-69-55-17-10-15-52-21-29-82(23-8-9-24-82)88(52,46-78(84)98)68-37-54(35-62(56)79(68)84)83(25-6-3-7-26-83)67-38-60(55)61(40-71(67)93)65-36-53-16-11-28-85(53)48-87(65,69)77-44-64(85)63-41-72(94)73(95)43-66(63)90(77,81)86/h2,4-5,13-14,22,30,34-38,41-43,50,52-53,56-58,61,64,69-71,77-78,80-81,91-96,98-99H,3,6-9,11,15-16,18,21,23-26,28-29,31-33,39-40,44-48H2,1H3. The molecular formula is C90H93NO9. The number of fused-ring (bicyclic) bond motifs is 11. The van der Waals surface area contributed by atoms with Crippen LogP contribution in [0.15, 0.2) is 113 Å². The number of aliphatic hydroxyl groups is 4. The van der Waals surface area contributed by atoms with Crippen LogP contribution in [0.3, 0.4) is 0 Å². The number of aliphatic hydroxyl groups excluding tert-OH is 3. The number of rotatable bonds is 5. The van der Waals surface area contributed by atoms with E-state index in [1.807, 2.05) is 24.3 Å². The van der Waals surface area contributed by atoms with Gasteiger partial charge in [-0.1, -0.05) is 140 Å². The van der Waals surface area contributed by atoms with Gasteiger partial charge in [0.25, 0.3) is 0 Å². The minimum Gasteiger partial charge on any atom is -0.504 e. The fraction of sp³-hybridized carbons (Fsp3) is 0.567. The summed E-state index contributed by atoms with van der Waals surface area (Å²) in [7, 11) is 1.54. The molecule has 0 aromatic heterocycles. The van der Waals surface area contributed by atoms with Gasteiger partial charge in [-0.2, -0.15) is 0 Å². The van der Waals surface area contributed by atoms with E-state index in [1.54, 1.807) is 6.07 Å². The van der Waals surface area contributed by atoms with E-state index >= 15 is 9.90 Å². The number of carbonyl (C=O) groups is 1. The van der Waals surface area contributed by atoms with Gasteiger partial charge >= 0.3 is 0 Å². The number of ketones is 1. The summed E-state index contributed by atoms with van der Waals surface area (Å²) in [4.78, 5) is 18.4. The van der Waals surface area contributed by atoms with Crippen molar-refractivity contribution in [1.82, 2.24) is 5.32 Å². The number of phenolic OH excluding ortho intramolecular Hbond substituents is 3. The number of hydrogen-bond acceptors (Lipinski definition) is 10. The quantitative estimate of drug-likeness (QED) is 0.0545. The average Bonchev–Trinajstić information content (AvgIpc) is 1.12. The molecule has 7 spiro atoms. The van der Waals surface area contributed by atoms with Crippen LogP contribution < -0.4 is 10.1 Å². The first kappa shape index (κ1) is 60.7. The second kappa shape index (κ2) is 20.1. The third-order valence-electron chi connectivity index (χ3n) is 33.6. The van der Waals surface area contributed by atoms with Crippen molar-refractivity contribution in [3.8, 4) is 58.5 Å². The summed E-state index contributed by atoms with van der Waals surface area (Å²) in [6, 6.07) is 22.4. The van der Waals surface area contributed by atoms with E-state index in [4.69, 9.17) is 10.1 Å². The minimum absolute atomic E-state index is 0.0259. The Morgan fingerprint density at radius 2 is 1.59 bits per heavy atom. The van der Waals surface area contributed by atoms with Crippen molar-refractivity contribution >= 4 is 5.78 Å². The molecule has 22 atom stereocenters. The normalized spacial score (nSPS) is 44.2. The number of aromatic hydroxyl groups is 3. The number of ether oxygens (including phenoxy) is 1. The van der Waals surface area contributed by atoms with E-state index in [2.05, 4.69) is 96.2 Å². The molecule has 7 saturated carbocycles. The number of phenols is 3. The Balaban J connectivity index is 0.948. The fourth-order valence-corrected chi connectivity index (χ4v) is 30.5. The number of allylic oxidation sites excluding steroid dienone is 6. The van der Waals surface area contributed by atoms with Gasteiger partial charge in [0.05, 0.1) is 37.4 Å². The van der Waals surface area contributed by atoms with Crippen LogP contribution in [0.5, 0.6) is 23.0 Å². The summed E-state index contributed by atoms with van der Waals surface area (Å²) in [5.74, 6) is 20.5. The molecule has 4 aromatic carbocycles. The van der Waals surface area contributed by atoms with Crippen molar-refractivity contribution in [1.29, 1.82) is 0 Å². The number of methoxy groups -OCH3 is 1. The molecule has 512 valence electrons. The van der Waals surface area contributed by atoms with Crippen LogP contribution in [0, 0.1) is 105 Å². The Labute approximate surface area is 587 Å². The van der Waals surface area contributed by atoms with E-state index in [0.29, 0.717) is 56.1 Å². The summed E-state index contributed by atoms with van der Waals surface area (Å²) in [5, 5.41) is 98.1. The highest BCUT2D eigenvalue weighted by Crippen LogP contribution is 2.87. The Bertz CT molecular complexity index is 4700. The van der Waals surface area contributed by atoms with Crippen LogP contribution in [0.1, 0.15) is 222 Å². The van der Waals surface area contributed by atoms with Crippen molar-refractivity contribution in [2.24, 2.45) is 69.5 Å². The Kier molecular flexibility index (Phi) is 12.2. The molecule has 10 heteroatoms. The Hall–Kier alpha value is -6.81. The van der Waals surface area contributed by atoms with E-state index in [-0.39, 0.29) is 88.0 Å². The second-order valence-electron chi connectivity index (χ2n) is 36.1. The molecule has 1 heterocycles. The topological polar surface area (TPSA) is 180 Å². The first-order chi connectivity index (χ1) is 48.6. The smallest absolute Gasteiger partial charge is 0.160 e. The molecule has 15 bridgehead atoms. The van der Waals surface area contributed by atoms with Gasteiger partial charge in [0, 0.05) is 99.5 Å². The van der Waals surface area contributed by atoms with Crippen LogP contribution in [-0.2, 0) is 39.5 Å². The van der Waals surface area contributed by atoms with Gasteiger partial charge in [-0.3, -0.25) is 4.79 Å². The SMILES string of the molecule is COc1cc(C2CC(=O)C3C4C=CC56C#CCC7NC89CCC3(O)C(C7C#CC2Cc2ccccc2)C82c3cc(O)c(O)cc3C3CC2C27CC38CCCC8C=C2C2CC(O)C3=CC2=C(C#CCC2CCC8(CCCC8)C2(CC5O)c2cc(cc4c26)C32CCCCC2)C7C9)c(CO)cc1O. The largest absolute Gasteiger partial charge is 0.504 e. The monoisotopic (exact) mass is 1330 g/mol. The fourth-order valence-electron chi connectivity index (χ4n) is 30.5. The number of nitrogens with one attached hydrogen (secondary N) is 1. The summed E-state index contributed by atoms with van der Waals surface area (Å²) in [6.07, 6.45) is 28.5. The van der Waals surface area contributed by atoms with Gasteiger partial charge in [0.2, 0.25) is 0 Å². The van der Waals surface area contributed by atoms with Crippen LogP contribution in [0.25, 0.3) is 0 Å². The van der Waals surface area contributed by atoms with E-state index in [0.717, 1.165) is 136 Å². The number of Topliss-reactive ketones (excluding diaryl/α,β-unsaturated/α-hetero) is 1. The van der Waals surface area contributed by atoms with Crippen molar-refractivity contribution in [2.75, 3.05) is 7.11 Å². The molecule has 1 aliphatic heterocycles. The lowest BCUT2D eigenvalue weighted by Crippen LogP contribution is -2.87. The molecule has 16 aliphatic carbocycles. The highest BCUT2D eigenvalue weighted by molar-refractivity contribution is 5.86. The predicted octanol–water partition coefficient (Wildman–Crippen LogP) is 13.7. The van der Waals surface area contributed by atoms with Crippen LogP contribution >= 0.6 is 0 Å². The molecule has 100 heavy (non-hydrogen) atoms. The zero-order valence-electron chi connectivity index (χ0n) is 57.7. The highest BCUT2D eigenvalue weighted by Gasteiger charge is 2.85. The molecule has 22 unspecified atom stereocenters. The van der Waals surface area contributed by atoms with Gasteiger partial charge in [0.15, 0.2) is 23.0 Å². The van der Waals surface area contributed by atoms with Crippen LogP contribution in [0.4, 0.5) is 0 Å². The van der Waals surface area contributed by atoms with Crippen molar-refractivity contribution in [3.63, 3.8) is 0 Å². The Morgan fingerprint density at radius 1 is 0.760 bits per heavy atom. The van der Waals surface area contributed by atoms with Gasteiger partial charge in [-0.15, -0.1) is 5.92 Å². The maximum absolute atomic E-state index is 18.4. The lowest BCUT2D eigenvalue weighted by Gasteiger charge is -2.82. The molecule has 4 aromatic rings. The third kappa shape index (κ3) is 6.93. The lowest BCUT2D eigenvalue weighted by atomic mass is 9.23. The van der Waals surface area contributed by atoms with Crippen LogP contribution in [-0.4, -0.2) is 78.0 Å². The van der Waals surface area contributed by atoms with Crippen molar-refractivity contribution in [2.45, 2.75) is 236 Å². The first-order valence-corrected chi connectivity index (χ1v) is 39.1. The summed E-state index contributed by atoms with van der Waals surface area (Å²) in [5.41, 5.74) is 7.22. The van der Waals surface area contributed by atoms with Crippen LogP contribution in [0.2, 0.25) is 0 Å². The third-order valence-corrected chi connectivity index (χ3v) is 33.6. The highest BCUT2D eigenvalue weighted by atomic mass is 16.5. The van der Waals surface area contributed by atoms with E-state index < -0.39 is 98.6 Å². The van der Waals surface area contributed by atoms with Crippen molar-refractivity contribution < 1.29 is 45.3 Å². The molecular weight excluding hydrogens is 1240 g/mol. The number of benzene rings is 4. The van der Waals surface area contributed by atoms with Gasteiger partial charge < -0.3 is 45.8 Å². The number of hydrogen-bond donors (Lipinski definition) is 8. The molecule has 8 N–H and O–H groups in total. The maximum Gasteiger partial charge on any atom is 0.160 e. The first-order valence-electron chi connectivity index (χ1n) is 39.1. The minimum atomic E-state index is -1.81. The lowest BCUT2D eigenvalue weighted by molar-refractivity contribution is -0.263. The Morgan fingerprint density at radius 3 is 2.42 bits per heavy atom. The molecule has 21 rings (SSSR count). The number of carbonyl (C=O) groups excluding carboxylic acids is 1. The summed E-state index contributed by atoms with van der Waals surface area (Å²) >= 11 is 0. The summed E-state index contributed by atoms with van der Waals surface area (Å²) in [6.45, 7) is -0.405. The average molecular weight is 1330 g/mol. The zero-order chi connectivity index (χ0) is 67.2. The van der Waals surface area contributed by atoms with E-state index in [1.165, 1.54) is 35.0 Å². The summed E-state index contributed by atoms with van der Waals surface area (Å²) < 4.78 is 5.97. The predicted molar refractivity (Wildman–Crippen MR) is 379 cm³/mol. The molecule has 1 saturated heterocycles. The molecule has 0 radical (unpaired) electrons. The van der Waals surface area contributed by atoms with E-state index in [9.17, 15) is 30.6 Å². The molecule has 10 nitrogen and oxygen atoms in total. The van der Waals surface area contributed by atoms with Gasteiger partial charge in [-0.25, -0.2) is 0 Å². The molecule has 17 aliphatic rings. The maximum atomic E-state index is 18.4. The molecule has 0 amide bonds. The number of piperidine rings is 1.